The highest BCUT2D eigenvalue weighted by molar-refractivity contribution is 7.90. The van der Waals surface area contributed by atoms with Crippen molar-refractivity contribution < 1.29 is 0 Å². The Morgan fingerprint density at radius 1 is 0.560 bits per heavy atom. The van der Waals surface area contributed by atoms with Crippen molar-refractivity contribution in [3.63, 3.8) is 0 Å². The Bertz CT molecular complexity index is 614. The molecule has 1 aliphatic rings. The maximum absolute atomic E-state index is 2.46. The molecule has 3 rings (SSSR count). The molecule has 0 atom stereocenters. The average molecular weight is 354 g/mol. The summed E-state index contributed by atoms with van der Waals surface area (Å²) in [5, 5.41) is 3.42. The van der Waals surface area contributed by atoms with Gasteiger partial charge in [0.15, 0.2) is 0 Å². The second-order valence-electron chi connectivity index (χ2n) is 7.57. The van der Waals surface area contributed by atoms with Gasteiger partial charge in [-0.3, -0.25) is 0 Å². The average Bonchev–Trinajstić information content (AvgIpc) is 2.94. The standard InChI is InChI=1S/C24H34P/c1-3-5-7-13-19-25(20-14-8-6-4-2)23-17-11-9-15-21(23)22-16-10-12-18-24(22)25/h9-12,15-18H,3-8,13-14,19-20H2,1-2H3. The van der Waals surface area contributed by atoms with E-state index < -0.39 is 7.26 Å². The van der Waals surface area contributed by atoms with Gasteiger partial charge in [0.1, 0.15) is 0 Å². The molecule has 0 fully saturated rings. The van der Waals surface area contributed by atoms with Gasteiger partial charge in [-0.1, -0.05) is 108 Å². The predicted molar refractivity (Wildman–Crippen MR) is 116 cm³/mol. The van der Waals surface area contributed by atoms with Gasteiger partial charge >= 0.3 is 0 Å². The number of hydrogen-bond donors (Lipinski definition) is 0. The lowest BCUT2D eigenvalue weighted by molar-refractivity contribution is 0.695. The lowest BCUT2D eigenvalue weighted by Gasteiger charge is -2.35. The Labute approximate surface area is 155 Å². The van der Waals surface area contributed by atoms with Crippen molar-refractivity contribution >= 4 is 17.9 Å². The van der Waals surface area contributed by atoms with E-state index in [1.807, 2.05) is 0 Å². The third kappa shape index (κ3) is 3.85. The van der Waals surface area contributed by atoms with E-state index in [-0.39, 0.29) is 0 Å². The van der Waals surface area contributed by atoms with Crippen LogP contribution in [0.25, 0.3) is 11.1 Å². The molecule has 1 aliphatic heterocycles. The molecule has 2 aromatic rings. The molecule has 0 aromatic heterocycles. The summed E-state index contributed by atoms with van der Waals surface area (Å²) in [6.45, 7) is 4.63. The molecule has 0 amide bonds. The highest BCUT2D eigenvalue weighted by atomic mass is 31.2. The molecule has 25 heavy (non-hydrogen) atoms. The van der Waals surface area contributed by atoms with E-state index in [1.165, 1.54) is 74.8 Å². The number of unbranched alkanes of at least 4 members (excludes halogenated alkanes) is 6. The smallest absolute Gasteiger partial charge is 0.0101 e. The van der Waals surface area contributed by atoms with Crippen molar-refractivity contribution in [3.8, 4) is 11.1 Å². The van der Waals surface area contributed by atoms with Crippen molar-refractivity contribution in [2.75, 3.05) is 12.3 Å². The molecule has 135 valence electrons. The molecule has 0 saturated carbocycles. The van der Waals surface area contributed by atoms with Gasteiger partial charge in [0, 0.05) is 0 Å². The minimum absolute atomic E-state index is 1.21. The SMILES string of the molecule is CCCCCC[P]1(CCCCCC)c2ccccc2-c2ccccc21. The minimum Gasteiger partial charge on any atom is -0.0687 e. The van der Waals surface area contributed by atoms with Crippen LogP contribution in [0.3, 0.4) is 0 Å². The van der Waals surface area contributed by atoms with Crippen LogP contribution in [0, 0.1) is 0 Å². The summed E-state index contributed by atoms with van der Waals surface area (Å²) < 4.78 is 0. The first-order valence-electron chi connectivity index (χ1n) is 10.4. The monoisotopic (exact) mass is 353 g/mol. The Balaban J connectivity index is 1.94. The summed E-state index contributed by atoms with van der Waals surface area (Å²) in [6.07, 6.45) is 13.9. The molecule has 0 saturated heterocycles. The Morgan fingerprint density at radius 3 is 1.44 bits per heavy atom. The van der Waals surface area contributed by atoms with Crippen molar-refractivity contribution in [2.45, 2.75) is 65.2 Å². The van der Waals surface area contributed by atoms with Crippen LogP contribution in [0.2, 0.25) is 0 Å². The van der Waals surface area contributed by atoms with Crippen molar-refractivity contribution in [1.29, 1.82) is 0 Å². The highest BCUT2D eigenvalue weighted by Crippen LogP contribution is 2.64. The predicted octanol–water partition coefficient (Wildman–Crippen LogP) is 6.80. The van der Waals surface area contributed by atoms with E-state index in [0.717, 1.165) is 0 Å². The van der Waals surface area contributed by atoms with Gasteiger partial charge in [-0.15, -0.1) is 0 Å². The molecule has 2 aromatic carbocycles. The van der Waals surface area contributed by atoms with Crippen molar-refractivity contribution in [3.05, 3.63) is 48.5 Å². The van der Waals surface area contributed by atoms with E-state index in [2.05, 4.69) is 62.4 Å². The van der Waals surface area contributed by atoms with Crippen LogP contribution < -0.4 is 10.6 Å². The summed E-state index contributed by atoms with van der Waals surface area (Å²) in [5.74, 6) is 0. The normalized spacial score (nSPS) is 14.3. The van der Waals surface area contributed by atoms with Crippen molar-refractivity contribution in [1.82, 2.24) is 0 Å². The van der Waals surface area contributed by atoms with E-state index in [1.54, 1.807) is 10.6 Å². The van der Waals surface area contributed by atoms with Gasteiger partial charge in [0.2, 0.25) is 0 Å². The summed E-state index contributed by atoms with van der Waals surface area (Å²) >= 11 is 0. The third-order valence-electron chi connectivity index (χ3n) is 5.81. The molecule has 0 bridgehead atoms. The summed E-state index contributed by atoms with van der Waals surface area (Å²) in [5.41, 5.74) is 3.08. The van der Waals surface area contributed by atoms with E-state index in [0.29, 0.717) is 0 Å². The quantitative estimate of drug-likeness (QED) is 0.325. The van der Waals surface area contributed by atoms with Crippen LogP contribution >= 0.6 is 7.26 Å². The van der Waals surface area contributed by atoms with Gasteiger partial charge in [0.25, 0.3) is 0 Å². The summed E-state index contributed by atoms with van der Waals surface area (Å²) in [6, 6.07) is 18.7. The van der Waals surface area contributed by atoms with Gasteiger partial charge in [0.05, 0.1) is 0 Å². The Morgan fingerprint density at radius 2 is 1.00 bits per heavy atom. The van der Waals surface area contributed by atoms with Gasteiger partial charge < -0.3 is 0 Å². The lowest BCUT2D eigenvalue weighted by atomic mass is 10.1. The van der Waals surface area contributed by atoms with E-state index in [4.69, 9.17) is 0 Å². The Kier molecular flexibility index (Phi) is 6.71. The highest BCUT2D eigenvalue weighted by Gasteiger charge is 2.39. The molecule has 1 heterocycles. The minimum atomic E-state index is -1.21. The zero-order chi connectivity index (χ0) is 17.5. The first-order chi connectivity index (χ1) is 12.3. The van der Waals surface area contributed by atoms with Crippen LogP contribution in [0.1, 0.15) is 65.2 Å². The zero-order valence-electron chi connectivity index (χ0n) is 16.1. The summed E-state index contributed by atoms with van der Waals surface area (Å²) in [4.78, 5) is 0. The van der Waals surface area contributed by atoms with Crippen LogP contribution in [-0.4, -0.2) is 12.3 Å². The molecule has 0 aliphatic carbocycles. The first-order valence-corrected chi connectivity index (χ1v) is 12.6. The van der Waals surface area contributed by atoms with Gasteiger partial charge in [-0.25, -0.2) is 0 Å². The lowest BCUT2D eigenvalue weighted by Crippen LogP contribution is -2.23. The molecule has 0 nitrogen and oxygen atoms in total. The van der Waals surface area contributed by atoms with Crippen LogP contribution in [0.15, 0.2) is 48.5 Å². The summed E-state index contributed by atoms with van der Waals surface area (Å²) in [7, 11) is -1.21. The molecule has 0 N–H and O–H groups in total. The molecule has 0 spiro atoms. The number of benzene rings is 2. The van der Waals surface area contributed by atoms with Crippen LogP contribution in [-0.2, 0) is 0 Å². The fourth-order valence-corrected chi connectivity index (χ4v) is 9.52. The topological polar surface area (TPSA) is 0 Å². The second kappa shape index (κ2) is 9.00. The van der Waals surface area contributed by atoms with Gasteiger partial charge in [-0.05, 0) is 46.9 Å². The van der Waals surface area contributed by atoms with Crippen LogP contribution in [0.4, 0.5) is 0 Å². The van der Waals surface area contributed by atoms with E-state index in [9.17, 15) is 0 Å². The van der Waals surface area contributed by atoms with Crippen LogP contribution in [0.5, 0.6) is 0 Å². The molecule has 0 unspecified atom stereocenters. The van der Waals surface area contributed by atoms with Gasteiger partial charge in [-0.2, -0.15) is 0 Å². The maximum Gasteiger partial charge on any atom is -0.0101 e. The number of hydrogen-bond acceptors (Lipinski definition) is 0. The van der Waals surface area contributed by atoms with Crippen molar-refractivity contribution in [2.24, 2.45) is 0 Å². The number of rotatable bonds is 10. The molecular weight excluding hydrogens is 319 g/mol. The number of fused-ring (bicyclic) bond motifs is 3. The fourth-order valence-electron chi connectivity index (χ4n) is 4.49. The molecule has 1 heteroatoms. The van der Waals surface area contributed by atoms with E-state index >= 15 is 0 Å². The first kappa shape index (κ1) is 18.7. The second-order valence-corrected chi connectivity index (χ2v) is 11.4. The molecule has 1 radical (unpaired) electrons. The fraction of sp³-hybridized carbons (Fsp3) is 0.500. The molecular formula is C24H34P. The third-order valence-corrected chi connectivity index (χ3v) is 10.6. The largest absolute Gasteiger partial charge is 0.0687 e. The Hall–Kier alpha value is -1.13. The maximum atomic E-state index is 2.46. The zero-order valence-corrected chi connectivity index (χ0v) is 17.0.